The Balaban J connectivity index is 2.24. The van der Waals surface area contributed by atoms with Crippen molar-refractivity contribution in [3.63, 3.8) is 0 Å². The van der Waals surface area contributed by atoms with Gasteiger partial charge in [-0.05, 0) is 54.3 Å². The Bertz CT molecular complexity index is 876. The van der Waals surface area contributed by atoms with E-state index in [1.165, 1.54) is 10.1 Å². The van der Waals surface area contributed by atoms with Crippen molar-refractivity contribution in [3.05, 3.63) is 82.5 Å². The number of rotatable bonds is 3. The molecule has 0 aliphatic heterocycles. The molecule has 0 aliphatic rings. The summed E-state index contributed by atoms with van der Waals surface area (Å²) < 4.78 is 14.8. The lowest BCUT2D eigenvalue weighted by Gasteiger charge is -2.13. The molecule has 2 aromatic carbocycles. The molecule has 110 valence electrons. The summed E-state index contributed by atoms with van der Waals surface area (Å²) in [5, 5.41) is 1.19. The SMILES string of the molecule is C=Cc1c(C(=C)c2c(C)cc(F)cc2C)sc2ccccc12. The van der Waals surface area contributed by atoms with Crippen LogP contribution in [0.4, 0.5) is 4.39 Å². The fourth-order valence-electron chi connectivity index (χ4n) is 2.99. The van der Waals surface area contributed by atoms with Crippen molar-refractivity contribution in [3.8, 4) is 0 Å². The van der Waals surface area contributed by atoms with Crippen LogP contribution < -0.4 is 0 Å². The topological polar surface area (TPSA) is 0 Å². The van der Waals surface area contributed by atoms with Crippen molar-refractivity contribution < 1.29 is 4.39 Å². The molecule has 0 N–H and O–H groups in total. The van der Waals surface area contributed by atoms with E-state index in [1.807, 2.05) is 32.1 Å². The van der Waals surface area contributed by atoms with Crippen LogP contribution in [-0.2, 0) is 0 Å². The van der Waals surface area contributed by atoms with Crippen molar-refractivity contribution in [2.45, 2.75) is 13.8 Å². The summed E-state index contributed by atoms with van der Waals surface area (Å²) in [6.45, 7) is 12.1. The summed E-state index contributed by atoms with van der Waals surface area (Å²) in [6.07, 6.45) is 1.88. The first-order valence-electron chi connectivity index (χ1n) is 7.13. The van der Waals surface area contributed by atoms with Crippen LogP contribution in [0.3, 0.4) is 0 Å². The van der Waals surface area contributed by atoms with Gasteiger partial charge in [-0.25, -0.2) is 4.39 Å². The standard InChI is InChI=1S/C20H17FS/c1-5-16-17-8-6-7-9-18(17)22-20(16)14(4)19-12(2)10-15(21)11-13(19)3/h5-11H,1,4H2,2-3H3. The molecule has 22 heavy (non-hydrogen) atoms. The predicted molar refractivity (Wildman–Crippen MR) is 95.9 cm³/mol. The third-order valence-corrected chi connectivity index (χ3v) is 5.16. The van der Waals surface area contributed by atoms with Gasteiger partial charge in [0, 0.05) is 20.5 Å². The van der Waals surface area contributed by atoms with Crippen LogP contribution >= 0.6 is 11.3 Å². The molecular weight excluding hydrogens is 291 g/mol. The van der Waals surface area contributed by atoms with Crippen LogP contribution in [-0.4, -0.2) is 0 Å². The van der Waals surface area contributed by atoms with Crippen LogP contribution in [0.5, 0.6) is 0 Å². The fraction of sp³-hybridized carbons (Fsp3) is 0.100. The highest BCUT2D eigenvalue weighted by atomic mass is 32.1. The van der Waals surface area contributed by atoms with Crippen molar-refractivity contribution in [1.82, 2.24) is 0 Å². The molecule has 1 heterocycles. The van der Waals surface area contributed by atoms with Gasteiger partial charge in [0.05, 0.1) is 0 Å². The molecule has 0 bridgehead atoms. The molecule has 0 fully saturated rings. The third kappa shape index (κ3) is 2.30. The minimum Gasteiger partial charge on any atom is -0.207 e. The van der Waals surface area contributed by atoms with Crippen LogP contribution in [0.1, 0.15) is 27.1 Å². The van der Waals surface area contributed by atoms with E-state index in [9.17, 15) is 4.39 Å². The lowest BCUT2D eigenvalue weighted by molar-refractivity contribution is 0.625. The van der Waals surface area contributed by atoms with E-state index in [1.54, 1.807) is 23.5 Å². The molecule has 0 saturated heterocycles. The van der Waals surface area contributed by atoms with E-state index in [2.05, 4.69) is 25.3 Å². The highest BCUT2D eigenvalue weighted by Gasteiger charge is 2.16. The second-order valence-corrected chi connectivity index (χ2v) is 6.49. The molecular formula is C20H17FS. The second-order valence-electron chi connectivity index (χ2n) is 5.44. The minimum atomic E-state index is -0.202. The molecule has 0 radical (unpaired) electrons. The predicted octanol–water partition coefficient (Wildman–Crippen LogP) is 6.36. The molecule has 0 nitrogen and oxygen atoms in total. The lowest BCUT2D eigenvalue weighted by Crippen LogP contribution is -1.95. The average Bonchev–Trinajstić information content (AvgIpc) is 2.84. The van der Waals surface area contributed by atoms with Crippen LogP contribution in [0.15, 0.2) is 49.6 Å². The van der Waals surface area contributed by atoms with Gasteiger partial charge in [-0.3, -0.25) is 0 Å². The Morgan fingerprint density at radius 2 is 1.77 bits per heavy atom. The van der Waals surface area contributed by atoms with Gasteiger partial charge < -0.3 is 0 Å². The van der Waals surface area contributed by atoms with Gasteiger partial charge in [0.15, 0.2) is 0 Å². The van der Waals surface area contributed by atoms with E-state index >= 15 is 0 Å². The first-order chi connectivity index (χ1) is 10.5. The highest BCUT2D eigenvalue weighted by Crippen LogP contribution is 2.40. The summed E-state index contributed by atoms with van der Waals surface area (Å²) in [5.74, 6) is -0.202. The molecule has 0 spiro atoms. The summed E-state index contributed by atoms with van der Waals surface area (Å²) in [4.78, 5) is 1.11. The highest BCUT2D eigenvalue weighted by molar-refractivity contribution is 7.20. The smallest absolute Gasteiger partial charge is 0.123 e. The zero-order chi connectivity index (χ0) is 15.9. The van der Waals surface area contributed by atoms with Crippen molar-refractivity contribution in [1.29, 1.82) is 0 Å². The zero-order valence-corrected chi connectivity index (χ0v) is 13.6. The first-order valence-corrected chi connectivity index (χ1v) is 7.95. The minimum absolute atomic E-state index is 0.202. The van der Waals surface area contributed by atoms with Crippen LogP contribution in [0.25, 0.3) is 21.7 Å². The van der Waals surface area contributed by atoms with E-state index in [0.717, 1.165) is 32.7 Å². The van der Waals surface area contributed by atoms with Gasteiger partial charge in [0.25, 0.3) is 0 Å². The summed E-state index contributed by atoms with van der Waals surface area (Å²) in [6, 6.07) is 11.4. The van der Waals surface area contributed by atoms with Crippen molar-refractivity contribution >= 4 is 33.1 Å². The Kier molecular flexibility index (Phi) is 3.71. The fourth-order valence-corrected chi connectivity index (χ4v) is 4.18. The van der Waals surface area contributed by atoms with Crippen molar-refractivity contribution in [2.75, 3.05) is 0 Å². The maximum Gasteiger partial charge on any atom is 0.123 e. The summed E-state index contributed by atoms with van der Waals surface area (Å²) in [7, 11) is 0. The Labute approximate surface area is 134 Å². The molecule has 0 aliphatic carbocycles. The molecule has 2 heteroatoms. The quantitative estimate of drug-likeness (QED) is 0.528. The lowest BCUT2D eigenvalue weighted by atomic mass is 9.93. The molecule has 3 aromatic rings. The van der Waals surface area contributed by atoms with Crippen LogP contribution in [0.2, 0.25) is 0 Å². The maximum atomic E-state index is 13.5. The van der Waals surface area contributed by atoms with E-state index in [0.29, 0.717) is 0 Å². The van der Waals surface area contributed by atoms with Gasteiger partial charge in [-0.2, -0.15) is 0 Å². The number of hydrogen-bond acceptors (Lipinski definition) is 1. The molecule has 1 aromatic heterocycles. The maximum absolute atomic E-state index is 13.5. The normalized spacial score (nSPS) is 10.9. The number of thiophene rings is 1. The van der Waals surface area contributed by atoms with Gasteiger partial charge in [0.2, 0.25) is 0 Å². The number of halogens is 1. The van der Waals surface area contributed by atoms with Gasteiger partial charge in [-0.15, -0.1) is 11.3 Å². The second kappa shape index (κ2) is 5.54. The van der Waals surface area contributed by atoms with E-state index in [-0.39, 0.29) is 5.82 Å². The van der Waals surface area contributed by atoms with Gasteiger partial charge in [0.1, 0.15) is 5.82 Å². The largest absolute Gasteiger partial charge is 0.207 e. The van der Waals surface area contributed by atoms with E-state index < -0.39 is 0 Å². The number of hydrogen-bond donors (Lipinski definition) is 0. The van der Waals surface area contributed by atoms with Crippen molar-refractivity contribution in [2.24, 2.45) is 0 Å². The van der Waals surface area contributed by atoms with Crippen LogP contribution in [0, 0.1) is 19.7 Å². The Hall–Kier alpha value is -2.19. The average molecular weight is 308 g/mol. The number of fused-ring (bicyclic) bond motifs is 1. The zero-order valence-electron chi connectivity index (χ0n) is 12.7. The third-order valence-electron chi connectivity index (χ3n) is 3.91. The summed E-state index contributed by atoms with van der Waals surface area (Å²) in [5.41, 5.74) is 4.89. The molecule has 3 rings (SSSR count). The molecule has 0 amide bonds. The number of aryl methyl sites for hydroxylation is 2. The van der Waals surface area contributed by atoms with Gasteiger partial charge >= 0.3 is 0 Å². The Morgan fingerprint density at radius 1 is 1.14 bits per heavy atom. The monoisotopic (exact) mass is 308 g/mol. The van der Waals surface area contributed by atoms with E-state index in [4.69, 9.17) is 0 Å². The molecule has 0 atom stereocenters. The van der Waals surface area contributed by atoms with Gasteiger partial charge in [-0.1, -0.05) is 37.4 Å². The molecule has 0 unspecified atom stereocenters. The molecule has 0 saturated carbocycles. The first kappa shape index (κ1) is 14.7. The Morgan fingerprint density at radius 3 is 2.41 bits per heavy atom. The summed E-state index contributed by atoms with van der Waals surface area (Å²) >= 11 is 1.71. The number of benzene rings is 2.